The third-order valence-corrected chi connectivity index (χ3v) is 6.90. The number of ether oxygens (including phenoxy) is 2. The molecule has 4 rings (SSSR count). The van der Waals surface area contributed by atoms with E-state index in [1.165, 1.54) is 0 Å². The van der Waals surface area contributed by atoms with Crippen molar-refractivity contribution in [3.05, 3.63) is 11.3 Å². The lowest BCUT2D eigenvalue weighted by Crippen LogP contribution is -2.41. The predicted octanol–water partition coefficient (Wildman–Crippen LogP) is 2.44. The number of hydrogen-bond acceptors (Lipinski definition) is 7. The summed E-state index contributed by atoms with van der Waals surface area (Å²) >= 11 is 0. The van der Waals surface area contributed by atoms with Gasteiger partial charge in [0.2, 0.25) is 0 Å². The van der Waals surface area contributed by atoms with Crippen LogP contribution in [0.15, 0.2) is 11.3 Å². The van der Waals surface area contributed by atoms with E-state index in [9.17, 15) is 24.9 Å². The van der Waals surface area contributed by atoms with Crippen LogP contribution >= 0.6 is 0 Å². The number of fused-ring (bicyclic) bond motifs is 7. The van der Waals surface area contributed by atoms with Crippen LogP contribution in [0.25, 0.3) is 0 Å². The molecule has 3 N–H and O–H groups in total. The van der Waals surface area contributed by atoms with Gasteiger partial charge in [0.05, 0.1) is 35.9 Å². The molecular weight excluding hydrogens is 376 g/mol. The molecule has 2 saturated heterocycles. The lowest BCUT2D eigenvalue weighted by Gasteiger charge is -2.35. The number of carbonyl (C=O) groups excluding carboxylic acids is 2. The van der Waals surface area contributed by atoms with E-state index in [0.29, 0.717) is 19.3 Å². The number of rotatable bonds is 3. The zero-order valence-corrected chi connectivity index (χ0v) is 17.6. The first-order valence-electron chi connectivity index (χ1n) is 10.8. The second-order valence-corrected chi connectivity index (χ2v) is 9.18. The molecular formula is C22H34O7. The van der Waals surface area contributed by atoms with E-state index in [4.69, 9.17) is 9.47 Å². The highest BCUT2D eigenvalue weighted by Crippen LogP contribution is 2.43. The minimum Gasteiger partial charge on any atom is -0.511 e. The monoisotopic (exact) mass is 410 g/mol. The molecule has 7 atom stereocenters. The van der Waals surface area contributed by atoms with Crippen molar-refractivity contribution in [3.8, 4) is 0 Å². The molecule has 4 aliphatic rings. The van der Waals surface area contributed by atoms with Crippen molar-refractivity contribution in [3.63, 3.8) is 0 Å². The summed E-state index contributed by atoms with van der Waals surface area (Å²) < 4.78 is 11.7. The Hall–Kier alpha value is -1.44. The van der Waals surface area contributed by atoms with Crippen molar-refractivity contribution in [2.24, 2.45) is 17.8 Å². The molecule has 4 bridgehead atoms. The quantitative estimate of drug-likeness (QED) is 0.612. The fourth-order valence-electron chi connectivity index (χ4n) is 5.18. The maximum absolute atomic E-state index is 12.8. The van der Waals surface area contributed by atoms with E-state index < -0.39 is 41.7 Å². The molecule has 0 unspecified atom stereocenters. The molecule has 4 aliphatic heterocycles. The Morgan fingerprint density at radius 2 is 1.97 bits per heavy atom. The Labute approximate surface area is 172 Å². The smallest absolute Gasteiger partial charge is 0.337 e. The second-order valence-electron chi connectivity index (χ2n) is 9.18. The number of carbonyl (C=O) groups is 2. The number of hydrogen-bond donors (Lipinski definition) is 3. The largest absolute Gasteiger partial charge is 0.511 e. The normalized spacial score (nSPS) is 41.4. The minimum atomic E-state index is -0.882. The van der Waals surface area contributed by atoms with Crippen LogP contribution in [-0.2, 0) is 19.1 Å². The van der Waals surface area contributed by atoms with Gasteiger partial charge in [0.25, 0.3) is 0 Å². The lowest BCUT2D eigenvalue weighted by molar-refractivity contribution is -0.154. The average Bonchev–Trinajstić information content (AvgIpc) is 3.01. The van der Waals surface area contributed by atoms with Crippen LogP contribution < -0.4 is 0 Å². The zero-order chi connectivity index (χ0) is 21.3. The third kappa shape index (κ3) is 4.37. The van der Waals surface area contributed by atoms with E-state index in [2.05, 4.69) is 0 Å². The number of ketones is 1. The molecule has 0 amide bonds. The van der Waals surface area contributed by atoms with E-state index in [1.807, 2.05) is 13.8 Å². The fraction of sp³-hybridized carbons (Fsp3) is 0.818. The number of aliphatic hydroxyl groups excluding tert-OH is 3. The Morgan fingerprint density at radius 3 is 2.62 bits per heavy atom. The summed E-state index contributed by atoms with van der Waals surface area (Å²) in [5.74, 6) is -1.51. The molecule has 4 heterocycles. The van der Waals surface area contributed by atoms with Gasteiger partial charge in [0.15, 0.2) is 0 Å². The molecule has 0 radical (unpaired) electrons. The van der Waals surface area contributed by atoms with Crippen LogP contribution in [-0.4, -0.2) is 57.6 Å². The summed E-state index contributed by atoms with van der Waals surface area (Å²) in [6.07, 6.45) is 0.822. The lowest BCUT2D eigenvalue weighted by atomic mass is 9.83. The molecule has 0 aromatic rings. The summed E-state index contributed by atoms with van der Waals surface area (Å²) in [7, 11) is 0. The first-order valence-corrected chi connectivity index (χ1v) is 10.8. The molecule has 0 aromatic heterocycles. The second kappa shape index (κ2) is 8.74. The molecule has 0 aliphatic carbocycles. The Bertz CT molecular complexity index is 672. The van der Waals surface area contributed by atoms with E-state index in [1.54, 1.807) is 6.92 Å². The number of aliphatic hydroxyl groups is 3. The minimum absolute atomic E-state index is 0.00303. The Morgan fingerprint density at radius 1 is 1.24 bits per heavy atom. The van der Waals surface area contributed by atoms with Gasteiger partial charge in [-0.05, 0) is 38.0 Å². The van der Waals surface area contributed by atoms with Gasteiger partial charge in [-0.3, -0.25) is 4.79 Å². The SMILES string of the molecule is CCC[C@H]1C(O)=C2CC[C@@]3(CO)C[C@H](C)[C@@H](O3)[C@H](O)C[C@@H](C)C(=O)C[C@H]1OC2=O. The topological polar surface area (TPSA) is 113 Å². The molecule has 2 fully saturated rings. The van der Waals surface area contributed by atoms with Crippen LogP contribution in [0.5, 0.6) is 0 Å². The van der Waals surface area contributed by atoms with Gasteiger partial charge in [-0.2, -0.15) is 0 Å². The standard InChI is InChI=1S/C22H34O7/c1-4-5-14-18-9-16(24)12(2)8-17(25)20-13(3)10-22(11-23,29-20)7-6-15(19(14)26)21(27)28-18/h12-14,17-18,20,23,25-26H,4-11H2,1-3H3/t12-,13+,14-,17-,18-,20-,22+/m1/s1. The molecule has 0 saturated carbocycles. The van der Waals surface area contributed by atoms with Gasteiger partial charge >= 0.3 is 5.97 Å². The Balaban J connectivity index is 1.98. The first-order chi connectivity index (χ1) is 13.7. The van der Waals surface area contributed by atoms with Gasteiger partial charge in [-0.1, -0.05) is 27.2 Å². The van der Waals surface area contributed by atoms with Gasteiger partial charge < -0.3 is 24.8 Å². The number of esters is 1. The highest BCUT2D eigenvalue weighted by molar-refractivity contribution is 5.91. The molecule has 7 nitrogen and oxygen atoms in total. The highest BCUT2D eigenvalue weighted by Gasteiger charge is 2.48. The average molecular weight is 411 g/mol. The Kier molecular flexibility index (Phi) is 6.70. The molecule has 0 aromatic carbocycles. The van der Waals surface area contributed by atoms with Crippen LogP contribution in [0.4, 0.5) is 0 Å². The maximum Gasteiger partial charge on any atom is 0.337 e. The third-order valence-electron chi connectivity index (χ3n) is 6.90. The van der Waals surface area contributed by atoms with Crippen molar-refractivity contribution < 1.29 is 34.4 Å². The summed E-state index contributed by atoms with van der Waals surface area (Å²) in [5, 5.41) is 31.7. The van der Waals surface area contributed by atoms with Crippen molar-refractivity contribution in [2.75, 3.05) is 6.61 Å². The van der Waals surface area contributed by atoms with Crippen molar-refractivity contribution >= 4 is 11.8 Å². The van der Waals surface area contributed by atoms with E-state index in [-0.39, 0.29) is 48.9 Å². The van der Waals surface area contributed by atoms with Crippen LogP contribution in [0, 0.1) is 17.8 Å². The van der Waals surface area contributed by atoms with Gasteiger partial charge in [0.1, 0.15) is 17.6 Å². The van der Waals surface area contributed by atoms with E-state index in [0.717, 1.165) is 6.42 Å². The summed E-state index contributed by atoms with van der Waals surface area (Å²) in [5.41, 5.74) is -0.669. The maximum atomic E-state index is 12.8. The molecule has 7 heteroatoms. The fourth-order valence-corrected chi connectivity index (χ4v) is 5.18. The van der Waals surface area contributed by atoms with Crippen molar-refractivity contribution in [1.29, 1.82) is 0 Å². The summed E-state index contributed by atoms with van der Waals surface area (Å²) in [6.45, 7) is 5.47. The number of Topliss-reactive ketones (excluding diaryl/α,β-unsaturated/α-hetero) is 1. The molecule has 164 valence electrons. The summed E-state index contributed by atoms with van der Waals surface area (Å²) in [4.78, 5) is 25.4. The van der Waals surface area contributed by atoms with Gasteiger partial charge in [-0.15, -0.1) is 0 Å². The van der Waals surface area contributed by atoms with Crippen LogP contribution in [0.1, 0.15) is 65.7 Å². The highest BCUT2D eigenvalue weighted by atomic mass is 16.5. The predicted molar refractivity (Wildman–Crippen MR) is 105 cm³/mol. The first kappa shape index (κ1) is 22.2. The zero-order valence-electron chi connectivity index (χ0n) is 17.6. The summed E-state index contributed by atoms with van der Waals surface area (Å²) in [6, 6.07) is 0. The van der Waals surface area contributed by atoms with Gasteiger partial charge in [-0.25, -0.2) is 4.79 Å². The van der Waals surface area contributed by atoms with Gasteiger partial charge in [0, 0.05) is 12.3 Å². The molecule has 0 spiro atoms. The molecule has 29 heavy (non-hydrogen) atoms. The van der Waals surface area contributed by atoms with Crippen LogP contribution in [0.3, 0.4) is 0 Å². The van der Waals surface area contributed by atoms with Crippen molar-refractivity contribution in [2.45, 2.75) is 89.6 Å². The van der Waals surface area contributed by atoms with Crippen molar-refractivity contribution in [1.82, 2.24) is 0 Å². The van der Waals surface area contributed by atoms with Crippen LogP contribution in [0.2, 0.25) is 0 Å². The van der Waals surface area contributed by atoms with E-state index >= 15 is 0 Å².